The Hall–Kier alpha value is -0.820. The molecule has 1 saturated heterocycles. The molecule has 110 valence electrons. The van der Waals surface area contributed by atoms with Crippen LogP contribution in [-0.2, 0) is 0 Å². The van der Waals surface area contributed by atoms with E-state index in [9.17, 15) is 0 Å². The monoisotopic (exact) mass is 271 g/mol. The lowest BCUT2D eigenvalue weighted by Gasteiger charge is -2.54. The lowest BCUT2D eigenvalue weighted by Crippen LogP contribution is -2.50. The minimum Gasteiger partial charge on any atom is -0.316 e. The second-order valence-corrected chi connectivity index (χ2v) is 7.25. The van der Waals surface area contributed by atoms with Crippen LogP contribution in [0.3, 0.4) is 0 Å². The van der Waals surface area contributed by atoms with E-state index >= 15 is 0 Å². The van der Waals surface area contributed by atoms with Gasteiger partial charge in [-0.25, -0.2) is 0 Å². The van der Waals surface area contributed by atoms with Crippen molar-refractivity contribution in [3.63, 3.8) is 0 Å². The fraction of sp³-hybridized carbons (Fsp3) is 0.684. The SMILES string of the molecule is CC(C)C1CCCCC12CCNCC2c1ccccc1. The fourth-order valence-corrected chi connectivity index (χ4v) is 5.11. The molecule has 2 fully saturated rings. The van der Waals surface area contributed by atoms with Gasteiger partial charge in [0, 0.05) is 12.5 Å². The van der Waals surface area contributed by atoms with Crippen LogP contribution in [-0.4, -0.2) is 13.1 Å². The van der Waals surface area contributed by atoms with E-state index in [2.05, 4.69) is 49.5 Å². The third-order valence-corrected chi connectivity index (χ3v) is 5.96. The molecule has 0 aromatic heterocycles. The Bertz CT molecular complexity index is 419. The highest BCUT2D eigenvalue weighted by Crippen LogP contribution is 2.56. The van der Waals surface area contributed by atoms with Crippen molar-refractivity contribution >= 4 is 0 Å². The van der Waals surface area contributed by atoms with E-state index in [0.717, 1.165) is 11.8 Å². The van der Waals surface area contributed by atoms with Crippen LogP contribution in [0.15, 0.2) is 30.3 Å². The molecule has 0 bridgehead atoms. The van der Waals surface area contributed by atoms with Gasteiger partial charge in [-0.05, 0) is 48.6 Å². The zero-order chi connectivity index (χ0) is 14.0. The van der Waals surface area contributed by atoms with Gasteiger partial charge >= 0.3 is 0 Å². The van der Waals surface area contributed by atoms with Gasteiger partial charge in [0.15, 0.2) is 0 Å². The van der Waals surface area contributed by atoms with Crippen LogP contribution in [0.1, 0.15) is 57.4 Å². The first-order chi connectivity index (χ1) is 9.74. The molecular formula is C19H29N. The summed E-state index contributed by atoms with van der Waals surface area (Å²) < 4.78 is 0. The smallest absolute Gasteiger partial charge is 0.00256 e. The summed E-state index contributed by atoms with van der Waals surface area (Å²) in [6.07, 6.45) is 7.14. The molecule has 1 spiro atoms. The van der Waals surface area contributed by atoms with Crippen LogP contribution in [0.4, 0.5) is 0 Å². The Balaban J connectivity index is 1.97. The Labute approximate surface area is 124 Å². The molecule has 20 heavy (non-hydrogen) atoms. The van der Waals surface area contributed by atoms with Gasteiger partial charge in [0.25, 0.3) is 0 Å². The van der Waals surface area contributed by atoms with E-state index in [1.54, 1.807) is 5.56 Å². The van der Waals surface area contributed by atoms with E-state index in [1.807, 2.05) is 0 Å². The lowest BCUT2D eigenvalue weighted by molar-refractivity contribution is 0.00526. The molecule has 1 aliphatic carbocycles. The second-order valence-electron chi connectivity index (χ2n) is 7.25. The van der Waals surface area contributed by atoms with Gasteiger partial charge in [-0.1, -0.05) is 57.0 Å². The topological polar surface area (TPSA) is 12.0 Å². The predicted molar refractivity (Wildman–Crippen MR) is 85.9 cm³/mol. The molecule has 3 unspecified atom stereocenters. The quantitative estimate of drug-likeness (QED) is 0.829. The highest BCUT2D eigenvalue weighted by Gasteiger charge is 2.48. The molecule has 3 atom stereocenters. The number of hydrogen-bond donors (Lipinski definition) is 1. The van der Waals surface area contributed by atoms with E-state index < -0.39 is 0 Å². The van der Waals surface area contributed by atoms with Crippen molar-refractivity contribution < 1.29 is 0 Å². The fourth-order valence-electron chi connectivity index (χ4n) is 5.11. The number of piperidine rings is 1. The average molecular weight is 271 g/mol. The van der Waals surface area contributed by atoms with Gasteiger partial charge in [0.2, 0.25) is 0 Å². The number of hydrogen-bond acceptors (Lipinski definition) is 1. The molecule has 2 aliphatic rings. The first-order valence-corrected chi connectivity index (χ1v) is 8.50. The number of benzene rings is 1. The summed E-state index contributed by atoms with van der Waals surface area (Å²) in [4.78, 5) is 0. The highest BCUT2D eigenvalue weighted by atomic mass is 14.9. The van der Waals surface area contributed by atoms with Crippen molar-refractivity contribution in [3.05, 3.63) is 35.9 Å². The van der Waals surface area contributed by atoms with Crippen molar-refractivity contribution in [3.8, 4) is 0 Å². The molecule has 1 heterocycles. The third kappa shape index (κ3) is 2.41. The van der Waals surface area contributed by atoms with Crippen LogP contribution < -0.4 is 5.32 Å². The molecule has 1 aromatic carbocycles. The van der Waals surface area contributed by atoms with Gasteiger partial charge in [-0.2, -0.15) is 0 Å². The van der Waals surface area contributed by atoms with E-state index in [1.165, 1.54) is 45.2 Å². The summed E-state index contributed by atoms with van der Waals surface area (Å²) in [7, 11) is 0. The summed E-state index contributed by atoms with van der Waals surface area (Å²) in [6, 6.07) is 11.3. The molecule has 1 heteroatoms. The minimum atomic E-state index is 0.555. The predicted octanol–water partition coefficient (Wildman–Crippen LogP) is 4.60. The van der Waals surface area contributed by atoms with Gasteiger partial charge < -0.3 is 5.32 Å². The largest absolute Gasteiger partial charge is 0.316 e. The van der Waals surface area contributed by atoms with Gasteiger partial charge in [-0.15, -0.1) is 0 Å². The zero-order valence-corrected chi connectivity index (χ0v) is 13.1. The Morgan fingerprint density at radius 1 is 1.10 bits per heavy atom. The van der Waals surface area contributed by atoms with Crippen LogP contribution >= 0.6 is 0 Å². The van der Waals surface area contributed by atoms with Crippen LogP contribution in [0.25, 0.3) is 0 Å². The van der Waals surface area contributed by atoms with E-state index in [4.69, 9.17) is 0 Å². The van der Waals surface area contributed by atoms with Gasteiger partial charge in [-0.3, -0.25) is 0 Å². The van der Waals surface area contributed by atoms with Crippen LogP contribution in [0.5, 0.6) is 0 Å². The van der Waals surface area contributed by atoms with Crippen molar-refractivity contribution in [2.75, 3.05) is 13.1 Å². The summed E-state index contributed by atoms with van der Waals surface area (Å²) in [5.41, 5.74) is 2.12. The number of rotatable bonds is 2. The zero-order valence-electron chi connectivity index (χ0n) is 13.1. The maximum Gasteiger partial charge on any atom is 0.00256 e. The van der Waals surface area contributed by atoms with Crippen molar-refractivity contribution in [1.29, 1.82) is 0 Å². The molecule has 1 aliphatic heterocycles. The van der Waals surface area contributed by atoms with E-state index in [0.29, 0.717) is 11.3 Å². The molecule has 0 amide bonds. The van der Waals surface area contributed by atoms with Crippen LogP contribution in [0, 0.1) is 17.3 Å². The second kappa shape index (κ2) is 5.89. The normalized spacial score (nSPS) is 34.5. The highest BCUT2D eigenvalue weighted by molar-refractivity contribution is 5.25. The standard InChI is InChI=1S/C19H29N/c1-15(2)17-10-6-7-11-19(17)12-13-20-14-18(19)16-8-4-3-5-9-16/h3-5,8-9,15,17-18,20H,6-7,10-14H2,1-2H3. The van der Waals surface area contributed by atoms with Crippen molar-refractivity contribution in [2.45, 2.75) is 51.9 Å². The maximum absolute atomic E-state index is 3.66. The third-order valence-electron chi connectivity index (χ3n) is 5.96. The molecule has 1 N–H and O–H groups in total. The summed E-state index contributed by atoms with van der Waals surface area (Å²) in [5, 5.41) is 3.66. The Morgan fingerprint density at radius 3 is 2.65 bits per heavy atom. The van der Waals surface area contributed by atoms with Crippen LogP contribution in [0.2, 0.25) is 0 Å². The molecular weight excluding hydrogens is 242 g/mol. The average Bonchev–Trinajstić information content (AvgIpc) is 2.49. The first kappa shape index (κ1) is 14.1. The Kier molecular flexibility index (Phi) is 4.16. The van der Waals surface area contributed by atoms with Crippen molar-refractivity contribution in [2.24, 2.45) is 17.3 Å². The lowest BCUT2D eigenvalue weighted by atomic mass is 9.53. The molecule has 0 radical (unpaired) electrons. The number of nitrogens with one attached hydrogen (secondary N) is 1. The van der Waals surface area contributed by atoms with E-state index in [-0.39, 0.29) is 0 Å². The molecule has 1 nitrogen and oxygen atoms in total. The molecule has 1 saturated carbocycles. The van der Waals surface area contributed by atoms with Gasteiger partial charge in [0.05, 0.1) is 0 Å². The molecule has 1 aromatic rings. The summed E-state index contributed by atoms with van der Waals surface area (Å²) >= 11 is 0. The summed E-state index contributed by atoms with van der Waals surface area (Å²) in [6.45, 7) is 7.28. The Morgan fingerprint density at radius 2 is 1.90 bits per heavy atom. The molecule has 3 rings (SSSR count). The van der Waals surface area contributed by atoms with Gasteiger partial charge in [0.1, 0.15) is 0 Å². The maximum atomic E-state index is 3.66. The summed E-state index contributed by atoms with van der Waals surface area (Å²) in [5.74, 6) is 2.44. The minimum absolute atomic E-state index is 0.555. The first-order valence-electron chi connectivity index (χ1n) is 8.50. The van der Waals surface area contributed by atoms with Crippen molar-refractivity contribution in [1.82, 2.24) is 5.32 Å².